The number of amides is 1. The van der Waals surface area contributed by atoms with Crippen LogP contribution in [-0.2, 0) is 9.53 Å². The smallest absolute Gasteiger partial charge is 0.232 e. The van der Waals surface area contributed by atoms with Crippen LogP contribution in [0, 0.1) is 5.82 Å². The van der Waals surface area contributed by atoms with Crippen LogP contribution >= 0.6 is 11.6 Å². The van der Waals surface area contributed by atoms with Crippen LogP contribution in [0.15, 0.2) is 66.7 Å². The number of carbonyl (C=O) groups excluding carboxylic acids is 1. The quantitative estimate of drug-likeness (QED) is 0.325. The summed E-state index contributed by atoms with van der Waals surface area (Å²) in [6.07, 6.45) is 3.44. The number of nitrogens with one attached hydrogen (secondary N) is 3. The fourth-order valence-corrected chi connectivity index (χ4v) is 5.81. The predicted octanol–water partition coefficient (Wildman–Crippen LogP) is 6.25. The summed E-state index contributed by atoms with van der Waals surface area (Å²) in [5.41, 5.74) is 1.51. The molecule has 37 heavy (non-hydrogen) atoms. The lowest BCUT2D eigenvalue weighted by molar-refractivity contribution is -0.125. The Hall–Kier alpha value is -3.29. The molecule has 0 spiro atoms. The highest BCUT2D eigenvalue weighted by molar-refractivity contribution is 6.31. The minimum atomic E-state index is -1.20. The van der Waals surface area contributed by atoms with Gasteiger partial charge in [-0.3, -0.25) is 4.79 Å². The van der Waals surface area contributed by atoms with E-state index in [0.29, 0.717) is 17.1 Å². The molecule has 1 heterocycles. The first kappa shape index (κ1) is 25.4. The van der Waals surface area contributed by atoms with Crippen molar-refractivity contribution in [1.82, 2.24) is 5.32 Å². The number of hydrogen-bond donors (Lipinski definition) is 3. The third kappa shape index (κ3) is 4.86. The molecule has 3 unspecified atom stereocenters. The van der Waals surface area contributed by atoms with Gasteiger partial charge in [-0.25, -0.2) is 4.39 Å². The van der Waals surface area contributed by atoms with Crippen LogP contribution in [0.1, 0.15) is 48.8 Å². The molecule has 6 nitrogen and oxygen atoms in total. The van der Waals surface area contributed by atoms with Gasteiger partial charge in [-0.2, -0.15) is 0 Å². The molecule has 1 aliphatic heterocycles. The van der Waals surface area contributed by atoms with E-state index in [9.17, 15) is 9.18 Å². The average molecular weight is 524 g/mol. The van der Waals surface area contributed by atoms with Gasteiger partial charge in [0.05, 0.1) is 23.5 Å². The zero-order valence-corrected chi connectivity index (χ0v) is 21.6. The van der Waals surface area contributed by atoms with E-state index in [-0.39, 0.29) is 17.0 Å². The molecule has 0 bridgehead atoms. The highest BCUT2D eigenvalue weighted by Crippen LogP contribution is 2.50. The number of carbonyl (C=O) groups is 1. The van der Waals surface area contributed by atoms with Crippen LogP contribution in [0.4, 0.5) is 15.8 Å². The highest BCUT2D eigenvalue weighted by atomic mass is 35.5. The summed E-state index contributed by atoms with van der Waals surface area (Å²) in [7, 11) is 3.21. The molecule has 1 fully saturated rings. The van der Waals surface area contributed by atoms with E-state index in [2.05, 4.69) is 16.0 Å². The summed E-state index contributed by atoms with van der Waals surface area (Å²) in [5.74, 6) is -0.771. The molecule has 3 aromatic carbocycles. The minimum Gasteiger partial charge on any atom is -0.497 e. The number of fused-ring (bicyclic) bond motifs is 1. The van der Waals surface area contributed by atoms with Crippen molar-refractivity contribution in [2.75, 3.05) is 24.9 Å². The highest BCUT2D eigenvalue weighted by Gasteiger charge is 2.54. The Morgan fingerprint density at radius 2 is 1.65 bits per heavy atom. The van der Waals surface area contributed by atoms with Gasteiger partial charge in [-0.1, -0.05) is 66.9 Å². The minimum absolute atomic E-state index is 0.00562. The number of anilines is 2. The molecule has 1 saturated carbocycles. The molecule has 1 amide bonds. The number of rotatable bonds is 8. The van der Waals surface area contributed by atoms with Gasteiger partial charge < -0.3 is 25.4 Å². The first-order valence-corrected chi connectivity index (χ1v) is 12.9. The summed E-state index contributed by atoms with van der Waals surface area (Å²) in [6.45, 7) is 0. The molecule has 3 N–H and O–H groups in total. The van der Waals surface area contributed by atoms with E-state index in [1.54, 1.807) is 20.3 Å². The molecule has 0 aromatic heterocycles. The average Bonchev–Trinajstić information content (AvgIpc) is 3.54. The normalized spacial score (nSPS) is 20.4. The van der Waals surface area contributed by atoms with Gasteiger partial charge in [0, 0.05) is 19.2 Å². The van der Waals surface area contributed by atoms with E-state index < -0.39 is 23.5 Å². The summed E-state index contributed by atoms with van der Waals surface area (Å²) in [4.78, 5) is 14.2. The molecule has 8 heteroatoms. The standard InChI is InChI=1S/C29H31ClFN3O3/c1-36-21-14-12-18(13-15-21)26(28(35)32-20-10-6-7-11-20)29(27(37-2)19-8-4-3-5-9-19)33-24-16-22(30)23(31)17-25(24)34-29/h3-5,8-9,12-17,20,26-27,33-34H,6-7,10-11H2,1-2H3,(H,32,35). The van der Waals surface area contributed by atoms with Crippen LogP contribution < -0.4 is 20.7 Å². The maximum atomic E-state index is 14.5. The second-order valence-corrected chi connectivity index (χ2v) is 10.1. The lowest BCUT2D eigenvalue weighted by Gasteiger charge is -2.43. The van der Waals surface area contributed by atoms with Gasteiger partial charge in [0.15, 0.2) is 5.66 Å². The zero-order valence-electron chi connectivity index (χ0n) is 20.9. The largest absolute Gasteiger partial charge is 0.497 e. The lowest BCUT2D eigenvalue weighted by Crippen LogP contribution is -2.58. The van der Waals surface area contributed by atoms with Gasteiger partial charge in [-0.15, -0.1) is 0 Å². The van der Waals surface area contributed by atoms with Gasteiger partial charge in [0.25, 0.3) is 0 Å². The molecule has 2 aliphatic rings. The van der Waals surface area contributed by atoms with Crippen molar-refractivity contribution in [3.05, 3.63) is 88.7 Å². The van der Waals surface area contributed by atoms with Crippen molar-refractivity contribution < 1.29 is 18.7 Å². The third-order valence-electron chi connectivity index (χ3n) is 7.36. The summed E-state index contributed by atoms with van der Waals surface area (Å²) < 4.78 is 26.0. The van der Waals surface area contributed by atoms with Gasteiger partial charge >= 0.3 is 0 Å². The van der Waals surface area contributed by atoms with Crippen LogP contribution in [0.3, 0.4) is 0 Å². The number of ether oxygens (including phenoxy) is 2. The molecule has 3 atom stereocenters. The van der Waals surface area contributed by atoms with E-state index in [1.165, 1.54) is 6.07 Å². The molecular formula is C29H31ClFN3O3. The van der Waals surface area contributed by atoms with E-state index >= 15 is 0 Å². The zero-order chi connectivity index (χ0) is 26.0. The maximum Gasteiger partial charge on any atom is 0.232 e. The van der Waals surface area contributed by atoms with Gasteiger partial charge in [0.1, 0.15) is 23.6 Å². The number of benzene rings is 3. The molecule has 194 valence electrons. The molecule has 1 aliphatic carbocycles. The van der Waals surface area contributed by atoms with Crippen molar-refractivity contribution >= 4 is 28.9 Å². The molecule has 0 radical (unpaired) electrons. The Morgan fingerprint density at radius 1 is 1.00 bits per heavy atom. The topological polar surface area (TPSA) is 71.6 Å². The maximum absolute atomic E-state index is 14.5. The van der Waals surface area contributed by atoms with Crippen molar-refractivity contribution in [2.24, 2.45) is 0 Å². The Kier molecular flexibility index (Phi) is 7.26. The summed E-state index contributed by atoms with van der Waals surface area (Å²) >= 11 is 6.15. The fourth-order valence-electron chi connectivity index (χ4n) is 5.64. The lowest BCUT2D eigenvalue weighted by atomic mass is 9.79. The van der Waals surface area contributed by atoms with Gasteiger partial charge in [0.2, 0.25) is 5.91 Å². The van der Waals surface area contributed by atoms with Crippen LogP contribution in [0.2, 0.25) is 5.02 Å². The molecule has 3 aromatic rings. The second kappa shape index (κ2) is 10.6. The third-order valence-corrected chi connectivity index (χ3v) is 7.65. The first-order chi connectivity index (χ1) is 17.9. The Bertz CT molecular complexity index is 1220. The van der Waals surface area contributed by atoms with Crippen LogP contribution in [0.25, 0.3) is 0 Å². The predicted molar refractivity (Wildman–Crippen MR) is 144 cm³/mol. The van der Waals surface area contributed by atoms with Crippen LogP contribution in [-0.4, -0.2) is 31.8 Å². The van der Waals surface area contributed by atoms with Crippen molar-refractivity contribution in [2.45, 2.75) is 49.4 Å². The monoisotopic (exact) mass is 523 g/mol. The van der Waals surface area contributed by atoms with Crippen molar-refractivity contribution in [1.29, 1.82) is 0 Å². The SMILES string of the molecule is COc1ccc(C(C(=O)NC2CCCC2)C2(C(OC)c3ccccc3)Nc3cc(F)c(Cl)cc3N2)cc1. The van der Waals surface area contributed by atoms with Crippen molar-refractivity contribution in [3.8, 4) is 5.75 Å². The Morgan fingerprint density at radius 3 is 2.27 bits per heavy atom. The molecular weight excluding hydrogens is 493 g/mol. The summed E-state index contributed by atoms with van der Waals surface area (Å²) in [6, 6.07) is 20.1. The first-order valence-electron chi connectivity index (χ1n) is 12.5. The van der Waals surface area contributed by atoms with E-state index in [1.807, 2.05) is 54.6 Å². The van der Waals surface area contributed by atoms with E-state index in [0.717, 1.165) is 36.8 Å². The number of methoxy groups -OCH3 is 2. The fraction of sp³-hybridized carbons (Fsp3) is 0.345. The van der Waals surface area contributed by atoms with E-state index in [4.69, 9.17) is 21.1 Å². The second-order valence-electron chi connectivity index (χ2n) is 9.65. The van der Waals surface area contributed by atoms with Crippen molar-refractivity contribution in [3.63, 3.8) is 0 Å². The molecule has 0 saturated heterocycles. The Balaban J connectivity index is 1.67. The number of hydrogen-bond acceptors (Lipinski definition) is 5. The van der Waals surface area contributed by atoms with Gasteiger partial charge in [-0.05, 0) is 42.2 Å². The molecule has 5 rings (SSSR count). The Labute approximate surface area is 221 Å². The van der Waals surface area contributed by atoms with Crippen LogP contribution in [0.5, 0.6) is 5.75 Å². The summed E-state index contributed by atoms with van der Waals surface area (Å²) in [5, 5.41) is 10.3. The number of halogens is 2.